The Morgan fingerprint density at radius 2 is 2.06 bits per heavy atom. The summed E-state index contributed by atoms with van der Waals surface area (Å²) in [6.07, 6.45) is 0. The molecule has 0 bridgehead atoms. The Balaban J connectivity index is 2.01. The number of anilines is 1. The monoisotopic (exact) mass is 287 g/mol. The van der Waals surface area contributed by atoms with Crippen LogP contribution in [-0.4, -0.2) is 27.8 Å². The summed E-state index contributed by atoms with van der Waals surface area (Å²) in [6.45, 7) is 0. The zero-order valence-corrected chi connectivity index (χ0v) is 11.8. The number of methoxy groups -OCH3 is 1. The molecule has 0 aromatic heterocycles. The van der Waals surface area contributed by atoms with Crippen LogP contribution in [0.1, 0.15) is 0 Å². The second-order valence-electron chi connectivity index (χ2n) is 3.29. The molecular weight excluding hydrogens is 274 g/mol. The lowest BCUT2D eigenvalue weighted by atomic mass is 10.3. The molecule has 0 spiro atoms. The van der Waals surface area contributed by atoms with Crippen LogP contribution in [0.3, 0.4) is 0 Å². The average Bonchev–Trinajstić information content (AvgIpc) is 2.40. The highest BCUT2D eigenvalue weighted by molar-refractivity contribution is 8.33. The van der Waals surface area contributed by atoms with E-state index in [2.05, 4.69) is 5.32 Å². The number of hydrogen-bond acceptors (Lipinski definition) is 5. The Morgan fingerprint density at radius 1 is 1.35 bits per heavy atom. The van der Waals surface area contributed by atoms with E-state index in [0.717, 1.165) is 15.9 Å². The number of para-hydroxylation sites is 2. The minimum atomic E-state index is -0.0128. The van der Waals surface area contributed by atoms with E-state index in [-0.39, 0.29) is 10.5 Å². The van der Waals surface area contributed by atoms with Crippen LogP contribution in [-0.2, 0) is 4.79 Å². The summed E-state index contributed by atoms with van der Waals surface area (Å²) in [6, 6.07) is 7.46. The fourth-order valence-electron chi connectivity index (χ4n) is 1.39. The Morgan fingerprint density at radius 3 is 2.76 bits per heavy atom. The van der Waals surface area contributed by atoms with E-state index >= 15 is 0 Å². The Hall–Kier alpha value is -0.460. The lowest BCUT2D eigenvalue weighted by molar-refractivity contribution is -0.114. The van der Waals surface area contributed by atoms with Crippen molar-refractivity contribution in [1.82, 2.24) is 0 Å². The molecule has 0 radical (unpaired) electrons. The molecule has 1 aromatic carbocycles. The Bertz CT molecular complexity index is 394. The van der Waals surface area contributed by atoms with Crippen LogP contribution < -0.4 is 10.1 Å². The van der Waals surface area contributed by atoms with Crippen LogP contribution in [0.5, 0.6) is 5.75 Å². The molecule has 6 heteroatoms. The zero-order valence-electron chi connectivity index (χ0n) is 9.34. The number of benzene rings is 1. The van der Waals surface area contributed by atoms with Gasteiger partial charge < -0.3 is 10.1 Å². The first kappa shape index (κ1) is 13.0. The topological polar surface area (TPSA) is 38.3 Å². The van der Waals surface area contributed by atoms with Gasteiger partial charge in [-0.1, -0.05) is 12.1 Å². The molecular formula is C11H13NO2S3. The zero-order chi connectivity index (χ0) is 12.1. The maximum Gasteiger partial charge on any atom is 0.247 e. The number of nitrogens with one attached hydrogen (secondary N) is 1. The molecule has 1 saturated heterocycles. The largest absolute Gasteiger partial charge is 0.495 e. The molecule has 17 heavy (non-hydrogen) atoms. The van der Waals surface area contributed by atoms with Crippen LogP contribution in [0, 0.1) is 0 Å². The summed E-state index contributed by atoms with van der Waals surface area (Å²) >= 11 is 5.21. The molecule has 1 aromatic rings. The standard InChI is InChI=1S/C11H13NO2S3/c1-14-9-5-3-2-4-8(9)12-10(13)11-16-6-15-7-17-11/h2-5,11H,6-7H2,1H3,(H,12,13). The number of carbonyl (C=O) groups is 1. The molecule has 92 valence electrons. The lowest BCUT2D eigenvalue weighted by Gasteiger charge is -2.20. The molecule has 0 saturated carbocycles. The number of ether oxygens (including phenoxy) is 1. The van der Waals surface area contributed by atoms with Gasteiger partial charge in [-0.2, -0.15) is 0 Å². The van der Waals surface area contributed by atoms with Crippen molar-refractivity contribution in [3.63, 3.8) is 0 Å². The lowest BCUT2D eigenvalue weighted by Crippen LogP contribution is -2.24. The SMILES string of the molecule is COc1ccccc1NC(=O)C1SCSCS1. The van der Waals surface area contributed by atoms with Gasteiger partial charge >= 0.3 is 0 Å². The first-order chi connectivity index (χ1) is 8.31. The van der Waals surface area contributed by atoms with Crippen molar-refractivity contribution in [3.8, 4) is 5.75 Å². The molecule has 1 fully saturated rings. The van der Waals surface area contributed by atoms with Gasteiger partial charge in [0.2, 0.25) is 5.91 Å². The number of thioether (sulfide) groups is 3. The summed E-state index contributed by atoms with van der Waals surface area (Å²) in [7, 11) is 1.60. The van der Waals surface area contributed by atoms with Gasteiger partial charge in [-0.25, -0.2) is 0 Å². The van der Waals surface area contributed by atoms with Crippen LogP contribution in [0.25, 0.3) is 0 Å². The molecule has 0 atom stereocenters. The first-order valence-corrected chi connectivity index (χ1v) is 8.31. The van der Waals surface area contributed by atoms with Gasteiger partial charge in [0, 0.05) is 10.2 Å². The molecule has 1 heterocycles. The van der Waals surface area contributed by atoms with E-state index in [4.69, 9.17) is 4.74 Å². The molecule has 1 N–H and O–H groups in total. The van der Waals surface area contributed by atoms with E-state index in [1.807, 2.05) is 36.0 Å². The van der Waals surface area contributed by atoms with Crippen molar-refractivity contribution >= 4 is 46.9 Å². The summed E-state index contributed by atoms with van der Waals surface area (Å²) in [5, 5.41) is 4.88. The van der Waals surface area contributed by atoms with Gasteiger partial charge in [0.25, 0.3) is 0 Å². The van der Waals surface area contributed by atoms with Gasteiger partial charge in [-0.3, -0.25) is 4.79 Å². The third kappa shape index (κ3) is 3.50. The van der Waals surface area contributed by atoms with Crippen molar-refractivity contribution in [2.45, 2.75) is 4.58 Å². The molecule has 1 aliphatic rings. The number of rotatable bonds is 3. The normalized spacial score (nSPS) is 16.5. The molecule has 0 aliphatic carbocycles. The van der Waals surface area contributed by atoms with Crippen LogP contribution in [0.15, 0.2) is 24.3 Å². The van der Waals surface area contributed by atoms with Gasteiger partial charge in [0.15, 0.2) is 0 Å². The fraction of sp³-hybridized carbons (Fsp3) is 0.364. The summed E-state index contributed by atoms with van der Waals surface area (Å²) in [5.74, 6) is 0.742. The second-order valence-corrected chi connectivity index (χ2v) is 7.50. The highest BCUT2D eigenvalue weighted by Gasteiger charge is 2.23. The predicted octanol–water partition coefficient (Wildman–Crippen LogP) is 3.09. The van der Waals surface area contributed by atoms with Crippen LogP contribution >= 0.6 is 35.3 Å². The van der Waals surface area contributed by atoms with Crippen molar-refractivity contribution in [3.05, 3.63) is 24.3 Å². The third-order valence-corrected chi connectivity index (χ3v) is 6.46. The van der Waals surface area contributed by atoms with E-state index < -0.39 is 0 Å². The van der Waals surface area contributed by atoms with E-state index in [1.54, 1.807) is 30.6 Å². The molecule has 1 aliphatic heterocycles. The number of amides is 1. The summed E-state index contributed by atoms with van der Waals surface area (Å²) < 4.78 is 5.19. The van der Waals surface area contributed by atoms with Crippen molar-refractivity contribution in [2.75, 3.05) is 22.6 Å². The third-order valence-electron chi connectivity index (χ3n) is 2.18. The maximum absolute atomic E-state index is 12.0. The summed E-state index contributed by atoms with van der Waals surface area (Å²) in [5.41, 5.74) is 0.736. The molecule has 3 nitrogen and oxygen atoms in total. The maximum atomic E-state index is 12.0. The van der Waals surface area contributed by atoms with Crippen molar-refractivity contribution in [1.29, 1.82) is 0 Å². The Kier molecular flexibility index (Phi) is 4.94. The fourth-order valence-corrected chi connectivity index (χ4v) is 5.84. The second kappa shape index (κ2) is 6.47. The van der Waals surface area contributed by atoms with E-state index in [0.29, 0.717) is 5.75 Å². The predicted molar refractivity (Wildman–Crippen MR) is 77.9 cm³/mol. The smallest absolute Gasteiger partial charge is 0.247 e. The minimum absolute atomic E-state index is 0.0128. The molecule has 0 unspecified atom stereocenters. The highest BCUT2D eigenvalue weighted by atomic mass is 32.3. The molecule has 2 rings (SSSR count). The van der Waals surface area contributed by atoms with Gasteiger partial charge in [0.05, 0.1) is 12.8 Å². The highest BCUT2D eigenvalue weighted by Crippen LogP contribution is 2.37. The van der Waals surface area contributed by atoms with Gasteiger partial charge in [-0.05, 0) is 12.1 Å². The van der Waals surface area contributed by atoms with Crippen molar-refractivity contribution < 1.29 is 9.53 Å². The van der Waals surface area contributed by atoms with Gasteiger partial charge in [0.1, 0.15) is 10.3 Å². The number of carbonyl (C=O) groups excluding carboxylic acids is 1. The number of hydrogen-bond donors (Lipinski definition) is 1. The Labute approximate surface area is 113 Å². The minimum Gasteiger partial charge on any atom is -0.495 e. The van der Waals surface area contributed by atoms with Gasteiger partial charge in [-0.15, -0.1) is 35.3 Å². The van der Waals surface area contributed by atoms with Crippen molar-refractivity contribution in [2.24, 2.45) is 0 Å². The summed E-state index contributed by atoms with van der Waals surface area (Å²) in [4.78, 5) is 12.0. The van der Waals surface area contributed by atoms with E-state index in [1.165, 1.54) is 0 Å². The van der Waals surface area contributed by atoms with E-state index in [9.17, 15) is 4.79 Å². The molecule has 1 amide bonds. The van der Waals surface area contributed by atoms with Crippen LogP contribution in [0.4, 0.5) is 5.69 Å². The first-order valence-electron chi connectivity index (χ1n) is 5.06. The average molecular weight is 287 g/mol. The quantitative estimate of drug-likeness (QED) is 0.925. The van der Waals surface area contributed by atoms with Crippen LogP contribution in [0.2, 0.25) is 0 Å².